The van der Waals surface area contributed by atoms with Gasteiger partial charge in [-0.2, -0.15) is 0 Å². The van der Waals surface area contributed by atoms with Gasteiger partial charge in [-0.05, 0) is 50.0 Å². The lowest BCUT2D eigenvalue weighted by atomic mass is 10.00. The molecule has 0 aromatic rings. The first-order chi connectivity index (χ1) is 24.2. The van der Waals surface area contributed by atoms with Gasteiger partial charge in [0.2, 0.25) is 35.4 Å². The second-order valence-electron chi connectivity index (χ2n) is 13.5. The van der Waals surface area contributed by atoms with Gasteiger partial charge in [0.1, 0.15) is 36.3 Å². The molecule has 0 radical (unpaired) electrons. The van der Waals surface area contributed by atoms with E-state index in [1.54, 1.807) is 41.5 Å². The normalized spacial score (nSPS) is 15.3. The standard InChI is InChI=1S/C32H58N8O12/c1-15(2)11-19(27(46)37-20(12-23(43)44)28(47)39-22(14-42)32(51)52)36-26(45)18(9-7-8-10-33)35-29(48)21(13-41)38-31(50)25(17(5)6)40-30(49)24(34)16(3)4/h15-22,24-25,41-42H,7-14,33-34H2,1-6H3,(H,35,48)(H,36,45)(H,37,46)(H,38,50)(H,39,47)(H,40,49)(H,43,44)(H,51,52)/t18-,19-,20-,21-,22-,24-,25-/m0/s1. The maximum absolute atomic E-state index is 13.6. The van der Waals surface area contributed by atoms with Crippen LogP contribution in [0.5, 0.6) is 0 Å². The molecule has 0 saturated carbocycles. The quantitative estimate of drug-likeness (QED) is 0.0400. The summed E-state index contributed by atoms with van der Waals surface area (Å²) in [5.74, 6) is -9.45. The van der Waals surface area contributed by atoms with E-state index in [9.17, 15) is 53.7 Å². The summed E-state index contributed by atoms with van der Waals surface area (Å²) in [4.78, 5) is 101. The van der Waals surface area contributed by atoms with Crippen LogP contribution in [0.1, 0.15) is 73.6 Å². The lowest BCUT2D eigenvalue weighted by Crippen LogP contribution is -2.61. The van der Waals surface area contributed by atoms with Crippen LogP contribution in [-0.4, -0.2) is 130 Å². The molecule has 52 heavy (non-hydrogen) atoms. The number of carbonyl (C=O) groups excluding carboxylic acids is 6. The number of nitrogens with two attached hydrogens (primary N) is 2. The molecule has 0 heterocycles. The van der Waals surface area contributed by atoms with Crippen molar-refractivity contribution in [2.45, 2.75) is 116 Å². The average Bonchev–Trinajstić information content (AvgIpc) is 3.05. The fraction of sp³-hybridized carbons (Fsp3) is 0.750. The van der Waals surface area contributed by atoms with Gasteiger partial charge in [-0.3, -0.25) is 33.6 Å². The van der Waals surface area contributed by atoms with Crippen molar-refractivity contribution in [3.63, 3.8) is 0 Å². The number of amides is 6. The first-order valence-electron chi connectivity index (χ1n) is 17.1. The van der Waals surface area contributed by atoms with Crippen LogP contribution in [0.25, 0.3) is 0 Å². The third-order valence-electron chi connectivity index (χ3n) is 7.81. The molecule has 14 N–H and O–H groups in total. The summed E-state index contributed by atoms with van der Waals surface area (Å²) in [6.07, 6.45) is -0.192. The lowest BCUT2D eigenvalue weighted by molar-refractivity contribution is -0.144. The van der Waals surface area contributed by atoms with Gasteiger partial charge in [0.15, 0.2) is 0 Å². The van der Waals surface area contributed by atoms with E-state index < -0.39 is 115 Å². The maximum atomic E-state index is 13.6. The maximum Gasteiger partial charge on any atom is 0.328 e. The number of aliphatic hydroxyl groups excluding tert-OH is 2. The summed E-state index contributed by atoms with van der Waals surface area (Å²) < 4.78 is 0. The number of carboxylic acid groups (broad SMARTS) is 2. The third kappa shape index (κ3) is 17.2. The minimum atomic E-state index is -1.79. The molecular weight excluding hydrogens is 688 g/mol. The molecule has 0 rings (SSSR count). The number of unbranched alkanes of at least 4 members (excludes halogenated alkanes) is 1. The fourth-order valence-electron chi connectivity index (χ4n) is 4.67. The van der Waals surface area contributed by atoms with Crippen molar-refractivity contribution in [2.75, 3.05) is 19.8 Å². The average molecular weight is 747 g/mol. The topological polar surface area (TPSA) is 342 Å². The number of carbonyl (C=O) groups is 8. The molecule has 0 aliphatic rings. The Morgan fingerprint density at radius 3 is 1.48 bits per heavy atom. The molecule has 20 heteroatoms. The molecule has 0 spiro atoms. The van der Waals surface area contributed by atoms with Crippen LogP contribution in [0, 0.1) is 17.8 Å². The number of hydrogen-bond acceptors (Lipinski definition) is 12. The van der Waals surface area contributed by atoms with Gasteiger partial charge in [0, 0.05) is 0 Å². The molecule has 0 aromatic heterocycles. The third-order valence-corrected chi connectivity index (χ3v) is 7.81. The smallest absolute Gasteiger partial charge is 0.328 e. The highest BCUT2D eigenvalue weighted by atomic mass is 16.4. The number of aliphatic carboxylic acids is 2. The van der Waals surface area contributed by atoms with Crippen LogP contribution >= 0.6 is 0 Å². The summed E-state index contributed by atoms with van der Waals surface area (Å²) in [7, 11) is 0. The van der Waals surface area contributed by atoms with E-state index >= 15 is 0 Å². The molecule has 7 atom stereocenters. The number of hydrogen-bond donors (Lipinski definition) is 12. The van der Waals surface area contributed by atoms with Gasteiger partial charge in [0.25, 0.3) is 0 Å². The van der Waals surface area contributed by atoms with Crippen LogP contribution in [0.4, 0.5) is 0 Å². The van der Waals surface area contributed by atoms with Crippen molar-refractivity contribution in [1.82, 2.24) is 31.9 Å². The second-order valence-corrected chi connectivity index (χ2v) is 13.5. The van der Waals surface area contributed by atoms with Crippen LogP contribution < -0.4 is 43.4 Å². The van der Waals surface area contributed by atoms with Crippen molar-refractivity contribution < 1.29 is 58.8 Å². The Kier molecular flexibility index (Phi) is 21.9. The van der Waals surface area contributed by atoms with Crippen molar-refractivity contribution in [3.05, 3.63) is 0 Å². The number of aliphatic hydroxyl groups is 2. The van der Waals surface area contributed by atoms with E-state index in [2.05, 4.69) is 26.6 Å². The van der Waals surface area contributed by atoms with E-state index in [0.717, 1.165) is 0 Å². The first-order valence-corrected chi connectivity index (χ1v) is 17.1. The summed E-state index contributed by atoms with van der Waals surface area (Å²) in [5, 5.41) is 51.7. The van der Waals surface area contributed by atoms with E-state index in [-0.39, 0.29) is 31.2 Å². The van der Waals surface area contributed by atoms with E-state index in [0.29, 0.717) is 12.8 Å². The SMILES string of the molecule is CC(C)C[C@H](NC(=O)[C@H](CCCCN)NC(=O)[C@H](CO)NC(=O)[C@@H](NC(=O)[C@@H](N)C(C)C)C(C)C)C(=O)N[C@@H](CC(=O)O)C(=O)N[C@@H](CO)C(=O)O. The minimum Gasteiger partial charge on any atom is -0.481 e. The van der Waals surface area contributed by atoms with E-state index in [4.69, 9.17) is 16.6 Å². The molecule has 0 aromatic carbocycles. The van der Waals surface area contributed by atoms with Gasteiger partial charge >= 0.3 is 11.9 Å². The molecule has 0 saturated heterocycles. The van der Waals surface area contributed by atoms with Gasteiger partial charge in [-0.15, -0.1) is 0 Å². The van der Waals surface area contributed by atoms with Gasteiger partial charge in [0.05, 0.1) is 25.7 Å². The lowest BCUT2D eigenvalue weighted by Gasteiger charge is -2.28. The highest BCUT2D eigenvalue weighted by Crippen LogP contribution is 2.10. The molecule has 0 aliphatic carbocycles. The molecule has 298 valence electrons. The zero-order valence-corrected chi connectivity index (χ0v) is 30.6. The Balaban J connectivity index is 6.13. The zero-order valence-electron chi connectivity index (χ0n) is 30.6. The van der Waals surface area contributed by atoms with Crippen molar-refractivity contribution >= 4 is 47.4 Å². The monoisotopic (exact) mass is 746 g/mol. The molecule has 20 nitrogen and oxygen atoms in total. The Bertz CT molecular complexity index is 1230. The van der Waals surface area contributed by atoms with Crippen LogP contribution in [-0.2, 0) is 38.4 Å². The highest BCUT2D eigenvalue weighted by molar-refractivity contribution is 5.97. The summed E-state index contributed by atoms with van der Waals surface area (Å²) in [6.45, 7) is 8.54. The molecular formula is C32H58N8O12. The predicted molar refractivity (Wildman–Crippen MR) is 186 cm³/mol. The minimum absolute atomic E-state index is 0.0104. The second kappa shape index (κ2) is 24.0. The van der Waals surface area contributed by atoms with E-state index in [1.165, 1.54) is 0 Å². The molecule has 6 amide bonds. The van der Waals surface area contributed by atoms with Crippen LogP contribution in [0.3, 0.4) is 0 Å². The highest BCUT2D eigenvalue weighted by Gasteiger charge is 2.35. The summed E-state index contributed by atoms with van der Waals surface area (Å²) in [5.41, 5.74) is 11.5. The van der Waals surface area contributed by atoms with E-state index in [1.807, 2.05) is 5.32 Å². The Morgan fingerprint density at radius 1 is 0.558 bits per heavy atom. The Labute approximate surface area is 303 Å². The fourth-order valence-corrected chi connectivity index (χ4v) is 4.67. The molecule has 0 unspecified atom stereocenters. The van der Waals surface area contributed by atoms with Crippen LogP contribution in [0.2, 0.25) is 0 Å². The largest absolute Gasteiger partial charge is 0.481 e. The molecule has 0 aliphatic heterocycles. The van der Waals surface area contributed by atoms with Gasteiger partial charge in [-0.25, -0.2) is 4.79 Å². The van der Waals surface area contributed by atoms with Crippen molar-refractivity contribution in [2.24, 2.45) is 29.2 Å². The van der Waals surface area contributed by atoms with Crippen molar-refractivity contribution in [3.8, 4) is 0 Å². The van der Waals surface area contributed by atoms with Crippen molar-refractivity contribution in [1.29, 1.82) is 0 Å². The predicted octanol–water partition coefficient (Wildman–Crippen LogP) is -3.75. The number of nitrogens with one attached hydrogen (secondary N) is 6. The number of rotatable bonds is 25. The van der Waals surface area contributed by atoms with Crippen LogP contribution in [0.15, 0.2) is 0 Å². The summed E-state index contributed by atoms with van der Waals surface area (Å²) >= 11 is 0. The van der Waals surface area contributed by atoms with Gasteiger partial charge < -0.3 is 63.8 Å². The van der Waals surface area contributed by atoms with Gasteiger partial charge in [-0.1, -0.05) is 41.5 Å². The first kappa shape index (κ1) is 47.6. The Morgan fingerprint density at radius 2 is 1.02 bits per heavy atom. The Hall–Kier alpha value is -4.40. The number of carboxylic acids is 2. The summed E-state index contributed by atoms with van der Waals surface area (Å²) in [6, 6.07) is -9.86. The zero-order chi connectivity index (χ0) is 40.3. The molecule has 0 fully saturated rings. The molecule has 0 bridgehead atoms.